The van der Waals surface area contributed by atoms with Crippen molar-refractivity contribution >= 4 is 34.5 Å². The van der Waals surface area contributed by atoms with Gasteiger partial charge < -0.3 is 11.5 Å². The first-order valence-electron chi connectivity index (χ1n) is 3.62. The summed E-state index contributed by atoms with van der Waals surface area (Å²) in [5, 5.41) is 0.673. The van der Waals surface area contributed by atoms with E-state index in [4.69, 9.17) is 35.3 Å². The van der Waals surface area contributed by atoms with Gasteiger partial charge in [-0.3, -0.25) is 0 Å². The highest BCUT2D eigenvalue weighted by molar-refractivity contribution is 7.80. The summed E-state index contributed by atoms with van der Waals surface area (Å²) in [6.07, 6.45) is 1.54. The molecule has 0 unspecified atom stereocenters. The molecule has 0 radical (unpaired) electrons. The summed E-state index contributed by atoms with van der Waals surface area (Å²) in [4.78, 5) is 0.271. The number of hydrogen-bond acceptors (Lipinski definition) is 2. The van der Waals surface area contributed by atoms with E-state index < -0.39 is 0 Å². The third kappa shape index (κ3) is 3.05. The van der Waals surface area contributed by atoms with Gasteiger partial charge in [0.2, 0.25) is 0 Å². The van der Waals surface area contributed by atoms with Crippen molar-refractivity contribution < 1.29 is 0 Å². The number of rotatable bonds is 2. The largest absolute Gasteiger partial charge is 0.398 e. The quantitative estimate of drug-likeness (QED) is 0.582. The van der Waals surface area contributed by atoms with E-state index >= 15 is 0 Å². The minimum Gasteiger partial charge on any atom is -0.398 e. The van der Waals surface area contributed by atoms with Gasteiger partial charge in [-0.1, -0.05) is 36.0 Å². The van der Waals surface area contributed by atoms with E-state index in [0.29, 0.717) is 10.7 Å². The lowest BCUT2D eigenvalue weighted by atomic mass is 10.1. The van der Waals surface area contributed by atoms with E-state index in [9.17, 15) is 0 Å². The normalized spacial score (nSPS) is 11.3. The second-order valence-corrected chi connectivity index (χ2v) is 3.42. The first kappa shape index (κ1) is 10.0. The van der Waals surface area contributed by atoms with Crippen molar-refractivity contribution in [1.29, 1.82) is 0 Å². The second-order valence-electron chi connectivity index (χ2n) is 2.51. The van der Waals surface area contributed by atoms with E-state index in [1.54, 1.807) is 18.2 Å². The van der Waals surface area contributed by atoms with Crippen LogP contribution in [0.4, 0.5) is 0 Å². The molecule has 0 bridgehead atoms. The average molecular weight is 213 g/mol. The molecule has 2 nitrogen and oxygen atoms in total. The van der Waals surface area contributed by atoms with Crippen molar-refractivity contribution in [3.63, 3.8) is 0 Å². The van der Waals surface area contributed by atoms with Crippen molar-refractivity contribution in [3.05, 3.63) is 40.9 Å². The topological polar surface area (TPSA) is 52.0 Å². The molecule has 1 aromatic rings. The summed E-state index contributed by atoms with van der Waals surface area (Å²) in [7, 11) is 0. The van der Waals surface area contributed by atoms with E-state index in [1.807, 2.05) is 12.1 Å². The highest BCUT2D eigenvalue weighted by Crippen LogP contribution is 2.13. The van der Waals surface area contributed by atoms with Crippen LogP contribution in [0.1, 0.15) is 5.56 Å². The van der Waals surface area contributed by atoms with Gasteiger partial charge >= 0.3 is 0 Å². The molecule has 0 saturated carbocycles. The second kappa shape index (κ2) is 4.25. The molecule has 0 heterocycles. The number of benzene rings is 1. The Morgan fingerprint density at radius 2 is 1.77 bits per heavy atom. The van der Waals surface area contributed by atoms with Gasteiger partial charge in [0, 0.05) is 10.7 Å². The molecular weight excluding hydrogens is 204 g/mol. The summed E-state index contributed by atoms with van der Waals surface area (Å²) in [6.45, 7) is 0. The molecule has 0 atom stereocenters. The van der Waals surface area contributed by atoms with Crippen LogP contribution in [0, 0.1) is 0 Å². The maximum absolute atomic E-state index is 5.71. The Labute approximate surface area is 87.2 Å². The number of hydrogen-bond donors (Lipinski definition) is 2. The summed E-state index contributed by atoms with van der Waals surface area (Å²) in [5.41, 5.74) is 12.4. The van der Waals surface area contributed by atoms with Crippen LogP contribution in [0.5, 0.6) is 0 Å². The van der Waals surface area contributed by atoms with E-state index in [1.165, 1.54) is 0 Å². The Bertz CT molecular complexity index is 343. The van der Waals surface area contributed by atoms with Crippen molar-refractivity contribution in [2.45, 2.75) is 0 Å². The third-order valence-electron chi connectivity index (χ3n) is 1.48. The van der Waals surface area contributed by atoms with Crippen molar-refractivity contribution in [2.75, 3.05) is 0 Å². The van der Waals surface area contributed by atoms with E-state index in [-0.39, 0.29) is 4.99 Å². The lowest BCUT2D eigenvalue weighted by Crippen LogP contribution is -2.07. The predicted molar refractivity (Wildman–Crippen MR) is 60.4 cm³/mol. The molecule has 0 aromatic heterocycles. The van der Waals surface area contributed by atoms with Gasteiger partial charge in [0.1, 0.15) is 0 Å². The summed E-state index contributed by atoms with van der Waals surface area (Å²) < 4.78 is 0. The van der Waals surface area contributed by atoms with Gasteiger partial charge in [0.05, 0.1) is 4.99 Å². The molecule has 0 saturated heterocycles. The molecule has 0 amide bonds. The SMILES string of the molecule is NC(=S)C=C(N)c1ccc(Cl)cc1. The molecule has 0 aliphatic carbocycles. The van der Waals surface area contributed by atoms with Crippen molar-refractivity contribution in [1.82, 2.24) is 0 Å². The summed E-state index contributed by atoms with van der Waals surface area (Å²) >= 11 is 10.4. The minimum absolute atomic E-state index is 0.271. The monoisotopic (exact) mass is 212 g/mol. The lowest BCUT2D eigenvalue weighted by Gasteiger charge is -2.00. The Kier molecular flexibility index (Phi) is 3.28. The Morgan fingerprint density at radius 3 is 2.23 bits per heavy atom. The molecule has 1 aromatic carbocycles. The molecule has 13 heavy (non-hydrogen) atoms. The van der Waals surface area contributed by atoms with Crippen LogP contribution in [0.15, 0.2) is 30.3 Å². The van der Waals surface area contributed by atoms with Crippen molar-refractivity contribution in [2.24, 2.45) is 11.5 Å². The van der Waals surface area contributed by atoms with Crippen molar-refractivity contribution in [3.8, 4) is 0 Å². The molecule has 1 rings (SSSR count). The molecular formula is C9H9ClN2S. The van der Waals surface area contributed by atoms with Crippen LogP contribution in [0.3, 0.4) is 0 Å². The fourth-order valence-electron chi connectivity index (χ4n) is 0.879. The Hall–Kier alpha value is -1.06. The molecule has 4 N–H and O–H groups in total. The smallest absolute Gasteiger partial charge is 0.0982 e. The predicted octanol–water partition coefficient (Wildman–Crippen LogP) is 1.93. The van der Waals surface area contributed by atoms with Crippen LogP contribution in [0.2, 0.25) is 5.02 Å². The highest BCUT2D eigenvalue weighted by Gasteiger charge is 1.96. The standard InChI is InChI=1S/C9H9ClN2S/c10-7-3-1-6(2-4-7)8(11)5-9(12)13/h1-5H,11H2,(H2,12,13). The molecule has 0 fully saturated rings. The Morgan fingerprint density at radius 1 is 1.23 bits per heavy atom. The zero-order valence-corrected chi connectivity index (χ0v) is 8.40. The van der Waals surface area contributed by atoms with Gasteiger partial charge in [0.15, 0.2) is 0 Å². The number of halogens is 1. The van der Waals surface area contributed by atoms with Gasteiger partial charge in [-0.15, -0.1) is 0 Å². The minimum atomic E-state index is 0.271. The fourth-order valence-corrected chi connectivity index (χ4v) is 1.13. The van der Waals surface area contributed by atoms with Gasteiger partial charge in [-0.2, -0.15) is 0 Å². The first-order valence-corrected chi connectivity index (χ1v) is 4.41. The average Bonchev–Trinajstić information content (AvgIpc) is 2.04. The first-order chi connectivity index (χ1) is 6.09. The third-order valence-corrected chi connectivity index (χ3v) is 1.85. The maximum atomic E-state index is 5.71. The van der Waals surface area contributed by atoms with Gasteiger partial charge in [-0.25, -0.2) is 0 Å². The van der Waals surface area contributed by atoms with Crippen LogP contribution in [-0.4, -0.2) is 4.99 Å². The van der Waals surface area contributed by atoms with Crippen LogP contribution in [0.25, 0.3) is 5.70 Å². The molecule has 0 aliphatic rings. The lowest BCUT2D eigenvalue weighted by molar-refractivity contribution is 1.52. The van der Waals surface area contributed by atoms with Crippen LogP contribution >= 0.6 is 23.8 Å². The molecule has 4 heteroatoms. The number of thiocarbonyl (C=S) groups is 1. The number of nitrogens with two attached hydrogens (primary N) is 2. The summed E-state index contributed by atoms with van der Waals surface area (Å²) in [5.74, 6) is 0. The van der Waals surface area contributed by atoms with Gasteiger partial charge in [-0.05, 0) is 23.8 Å². The van der Waals surface area contributed by atoms with Gasteiger partial charge in [0.25, 0.3) is 0 Å². The molecule has 68 valence electrons. The maximum Gasteiger partial charge on any atom is 0.0982 e. The zero-order valence-electron chi connectivity index (χ0n) is 6.83. The summed E-state index contributed by atoms with van der Waals surface area (Å²) in [6, 6.07) is 7.15. The Balaban J connectivity index is 2.96. The zero-order chi connectivity index (χ0) is 9.84. The molecule has 0 spiro atoms. The molecule has 0 aliphatic heterocycles. The van der Waals surface area contributed by atoms with E-state index in [0.717, 1.165) is 5.56 Å². The fraction of sp³-hybridized carbons (Fsp3) is 0. The van der Waals surface area contributed by atoms with Crippen LogP contribution in [-0.2, 0) is 0 Å². The van der Waals surface area contributed by atoms with E-state index in [2.05, 4.69) is 0 Å². The van der Waals surface area contributed by atoms with Crippen LogP contribution < -0.4 is 11.5 Å². The highest BCUT2D eigenvalue weighted by atomic mass is 35.5.